The summed E-state index contributed by atoms with van der Waals surface area (Å²) in [6.07, 6.45) is 0.611. The van der Waals surface area contributed by atoms with Crippen molar-refractivity contribution < 1.29 is 28.5 Å². The molecule has 1 unspecified atom stereocenters. The van der Waals surface area contributed by atoms with Gasteiger partial charge in [-0.2, -0.15) is 4.91 Å². The molecular formula is C26H25N3O7. The van der Waals surface area contributed by atoms with Gasteiger partial charge in [-0.15, -0.1) is 0 Å². The number of aliphatic hydroxyl groups excluding tert-OH is 1. The van der Waals surface area contributed by atoms with Crippen molar-refractivity contribution in [1.29, 1.82) is 0 Å². The Morgan fingerprint density at radius 2 is 1.75 bits per heavy atom. The predicted molar refractivity (Wildman–Crippen MR) is 134 cm³/mol. The minimum absolute atomic E-state index is 0.107. The fourth-order valence-corrected chi connectivity index (χ4v) is 3.89. The van der Waals surface area contributed by atoms with Gasteiger partial charge in [0.25, 0.3) is 5.91 Å². The third-order valence-corrected chi connectivity index (χ3v) is 5.62. The molecule has 0 aliphatic carbocycles. The molecule has 186 valence electrons. The number of pyridine rings is 1. The molecule has 1 amide bonds. The minimum Gasteiger partial charge on any atom is -0.496 e. The Hall–Kier alpha value is -4.44. The zero-order chi connectivity index (χ0) is 25.7. The highest BCUT2D eigenvalue weighted by Crippen LogP contribution is 2.43. The summed E-state index contributed by atoms with van der Waals surface area (Å²) in [5, 5.41) is 14.9. The lowest BCUT2D eigenvalue weighted by atomic mass is 10.0. The van der Waals surface area contributed by atoms with Crippen LogP contribution in [-0.4, -0.2) is 56.5 Å². The Morgan fingerprint density at radius 1 is 1.03 bits per heavy atom. The van der Waals surface area contributed by atoms with Crippen LogP contribution in [-0.2, 0) is 0 Å². The molecule has 1 atom stereocenters. The van der Waals surface area contributed by atoms with Crippen LogP contribution in [0.3, 0.4) is 0 Å². The maximum atomic E-state index is 12.6. The first kappa shape index (κ1) is 24.7. The minimum atomic E-state index is -1.06. The molecule has 0 spiro atoms. The lowest BCUT2D eigenvalue weighted by molar-refractivity contribution is 0.0920. The molecule has 2 aromatic heterocycles. The maximum absolute atomic E-state index is 12.6. The van der Waals surface area contributed by atoms with Crippen molar-refractivity contribution in [3.05, 3.63) is 65.2 Å². The van der Waals surface area contributed by atoms with E-state index in [1.54, 1.807) is 44.7 Å². The fraction of sp³-hybridized carbons (Fsp3) is 0.231. The van der Waals surface area contributed by atoms with E-state index in [2.05, 4.69) is 15.5 Å². The number of methoxy groups -OCH3 is 3. The fourth-order valence-electron chi connectivity index (χ4n) is 3.89. The summed E-state index contributed by atoms with van der Waals surface area (Å²) in [5.41, 5.74) is 3.41. The van der Waals surface area contributed by atoms with Crippen LogP contribution in [0.1, 0.15) is 10.4 Å². The van der Waals surface area contributed by atoms with Crippen LogP contribution in [0.25, 0.3) is 33.6 Å². The normalized spacial score (nSPS) is 11.7. The number of aromatic nitrogens is 1. The molecule has 0 saturated heterocycles. The van der Waals surface area contributed by atoms with Gasteiger partial charge in [0.1, 0.15) is 35.1 Å². The van der Waals surface area contributed by atoms with Crippen molar-refractivity contribution in [2.45, 2.75) is 6.10 Å². The molecule has 0 aliphatic rings. The van der Waals surface area contributed by atoms with Gasteiger partial charge in [0, 0.05) is 29.9 Å². The van der Waals surface area contributed by atoms with E-state index in [1.165, 1.54) is 7.11 Å². The number of nitrogens with zero attached hydrogens (tertiary/aromatic N) is 2. The van der Waals surface area contributed by atoms with Crippen molar-refractivity contribution in [3.8, 4) is 39.7 Å². The monoisotopic (exact) mass is 491 g/mol. The van der Waals surface area contributed by atoms with Gasteiger partial charge in [-0.25, -0.2) is 0 Å². The summed E-state index contributed by atoms with van der Waals surface area (Å²) in [6.45, 7) is -0.413. The van der Waals surface area contributed by atoms with E-state index in [9.17, 15) is 14.8 Å². The van der Waals surface area contributed by atoms with E-state index in [0.717, 1.165) is 11.1 Å². The lowest BCUT2D eigenvalue weighted by Crippen LogP contribution is -2.33. The Labute approximate surface area is 206 Å². The predicted octanol–water partition coefficient (Wildman–Crippen LogP) is 4.04. The maximum Gasteiger partial charge on any atom is 0.251 e. The van der Waals surface area contributed by atoms with Crippen LogP contribution in [0.5, 0.6) is 17.2 Å². The zero-order valence-electron chi connectivity index (χ0n) is 20.0. The number of fused-ring (bicyclic) bond motifs is 1. The summed E-state index contributed by atoms with van der Waals surface area (Å²) in [7, 11) is 4.69. The summed E-state index contributed by atoms with van der Waals surface area (Å²) >= 11 is 0. The summed E-state index contributed by atoms with van der Waals surface area (Å²) in [6, 6.07) is 14.0. The van der Waals surface area contributed by atoms with Gasteiger partial charge in [-0.1, -0.05) is 11.2 Å². The molecule has 36 heavy (non-hydrogen) atoms. The van der Waals surface area contributed by atoms with Crippen LogP contribution in [0.15, 0.2) is 64.3 Å². The summed E-state index contributed by atoms with van der Waals surface area (Å²) in [4.78, 5) is 27.4. The van der Waals surface area contributed by atoms with Crippen LogP contribution >= 0.6 is 0 Å². The number of furan rings is 1. The summed E-state index contributed by atoms with van der Waals surface area (Å²) < 4.78 is 22.9. The number of carbonyl (C=O) groups is 1. The van der Waals surface area contributed by atoms with Gasteiger partial charge in [0.05, 0.1) is 38.6 Å². The van der Waals surface area contributed by atoms with Gasteiger partial charge in [-0.05, 0) is 36.4 Å². The molecule has 0 saturated carbocycles. The van der Waals surface area contributed by atoms with Gasteiger partial charge in [0.15, 0.2) is 5.58 Å². The number of hydrogen-bond acceptors (Lipinski definition) is 9. The summed E-state index contributed by atoms with van der Waals surface area (Å²) in [5.74, 6) is 1.73. The Balaban J connectivity index is 1.77. The van der Waals surface area contributed by atoms with E-state index in [4.69, 9.17) is 18.6 Å². The van der Waals surface area contributed by atoms with E-state index >= 15 is 0 Å². The first-order chi connectivity index (χ1) is 17.5. The van der Waals surface area contributed by atoms with Gasteiger partial charge < -0.3 is 29.1 Å². The van der Waals surface area contributed by atoms with Crippen molar-refractivity contribution in [2.75, 3.05) is 34.4 Å². The highest BCUT2D eigenvalue weighted by molar-refractivity contribution is 5.98. The molecule has 0 aliphatic heterocycles. The van der Waals surface area contributed by atoms with E-state index < -0.39 is 12.0 Å². The Bertz CT molecular complexity index is 1380. The first-order valence-corrected chi connectivity index (χ1v) is 11.0. The molecule has 10 heteroatoms. The third kappa shape index (κ3) is 4.84. The number of aliphatic hydroxyl groups is 1. The molecular weight excluding hydrogens is 466 g/mol. The second-order valence-corrected chi connectivity index (χ2v) is 7.81. The number of rotatable bonds is 10. The van der Waals surface area contributed by atoms with Crippen LogP contribution in [0.2, 0.25) is 0 Å². The van der Waals surface area contributed by atoms with E-state index in [1.807, 2.05) is 24.3 Å². The average molecular weight is 492 g/mol. The highest BCUT2D eigenvalue weighted by Gasteiger charge is 2.21. The van der Waals surface area contributed by atoms with Gasteiger partial charge >= 0.3 is 0 Å². The van der Waals surface area contributed by atoms with E-state index in [0.29, 0.717) is 45.2 Å². The Kier molecular flexibility index (Phi) is 7.45. The highest BCUT2D eigenvalue weighted by atomic mass is 16.5. The molecule has 0 radical (unpaired) electrons. The first-order valence-electron chi connectivity index (χ1n) is 11.0. The zero-order valence-corrected chi connectivity index (χ0v) is 20.0. The smallest absolute Gasteiger partial charge is 0.251 e. The van der Waals surface area contributed by atoms with Crippen LogP contribution < -0.4 is 19.5 Å². The largest absolute Gasteiger partial charge is 0.496 e. The number of nitroso groups, excluding NO2 is 1. The molecule has 10 nitrogen and oxygen atoms in total. The standard InChI is InChI=1S/C26H25N3O7/c1-33-20-8-7-15(26(31)28-13-16(30)14-29-32)11-18(20)23-12-19-25(36-23)17(9-10-27-19)24-21(34-2)5-4-6-22(24)35-3/h4-12,16,30H,13-14H2,1-3H3,(H,28,31). The molecule has 2 aromatic carbocycles. The third-order valence-electron chi connectivity index (χ3n) is 5.62. The SMILES string of the molecule is COc1ccc(C(=O)NCC(O)CN=O)cc1-c1cc2nccc(-c3c(OC)cccc3OC)c2o1. The van der Waals surface area contributed by atoms with Crippen molar-refractivity contribution >= 4 is 17.0 Å². The lowest BCUT2D eigenvalue weighted by Gasteiger charge is -2.13. The average Bonchev–Trinajstić information content (AvgIpc) is 3.35. The van der Waals surface area contributed by atoms with Gasteiger partial charge in [0.2, 0.25) is 0 Å². The molecule has 0 fully saturated rings. The quantitative estimate of drug-likeness (QED) is 0.318. The molecule has 4 rings (SSSR count). The number of amides is 1. The second kappa shape index (κ2) is 10.9. The van der Waals surface area contributed by atoms with E-state index in [-0.39, 0.29) is 13.1 Å². The van der Waals surface area contributed by atoms with Crippen molar-refractivity contribution in [1.82, 2.24) is 10.3 Å². The number of hydrogen-bond donors (Lipinski definition) is 2. The topological polar surface area (TPSA) is 132 Å². The Morgan fingerprint density at radius 3 is 2.42 bits per heavy atom. The second-order valence-electron chi connectivity index (χ2n) is 7.81. The number of ether oxygens (including phenoxy) is 3. The number of carbonyl (C=O) groups excluding carboxylic acids is 1. The molecule has 2 heterocycles. The number of benzene rings is 2. The van der Waals surface area contributed by atoms with Crippen molar-refractivity contribution in [2.24, 2.45) is 5.18 Å². The van der Waals surface area contributed by atoms with Crippen LogP contribution in [0, 0.1) is 4.91 Å². The van der Waals surface area contributed by atoms with Crippen LogP contribution in [0.4, 0.5) is 0 Å². The van der Waals surface area contributed by atoms with Crippen molar-refractivity contribution in [3.63, 3.8) is 0 Å². The molecule has 4 aromatic rings. The molecule has 0 bridgehead atoms. The molecule has 2 N–H and O–H groups in total. The number of nitrogens with one attached hydrogen (secondary N) is 1. The van der Waals surface area contributed by atoms with Gasteiger partial charge in [-0.3, -0.25) is 9.78 Å².